The van der Waals surface area contributed by atoms with E-state index in [1.807, 2.05) is 0 Å². The largest absolute Gasteiger partial charge is 0.457 e. The van der Waals surface area contributed by atoms with Crippen LogP contribution in [0.3, 0.4) is 0 Å². The Kier molecular flexibility index (Phi) is 4.74. The standard InChI is InChI=1S/C21H11Cl2N3O2/c22-14-7-12(8-15(23)10-14)19-6-5-16(28-19)9-13(11-24)20-25-18-4-2-1-3-17(18)21(27)26-20/h1-10H,(H,25,26,27)/b13-9+. The molecule has 0 radical (unpaired) electrons. The zero-order valence-electron chi connectivity index (χ0n) is 14.2. The zero-order chi connectivity index (χ0) is 19.7. The summed E-state index contributed by atoms with van der Waals surface area (Å²) < 4.78 is 5.79. The predicted octanol–water partition coefficient (Wildman–Crippen LogP) is 5.55. The van der Waals surface area contributed by atoms with Crippen molar-refractivity contribution in [1.29, 1.82) is 5.26 Å². The molecule has 136 valence electrons. The smallest absolute Gasteiger partial charge is 0.259 e. The van der Waals surface area contributed by atoms with E-state index < -0.39 is 0 Å². The second kappa shape index (κ2) is 7.35. The minimum Gasteiger partial charge on any atom is -0.457 e. The predicted molar refractivity (Wildman–Crippen MR) is 110 cm³/mol. The Morgan fingerprint density at radius 2 is 1.86 bits per heavy atom. The minimum absolute atomic E-state index is 0.174. The van der Waals surface area contributed by atoms with E-state index in [-0.39, 0.29) is 17.0 Å². The lowest BCUT2D eigenvalue weighted by molar-refractivity contribution is 0.572. The molecule has 4 rings (SSSR count). The molecule has 5 nitrogen and oxygen atoms in total. The van der Waals surface area contributed by atoms with E-state index in [0.29, 0.717) is 38.0 Å². The molecular formula is C21H11Cl2N3O2. The molecule has 0 aliphatic rings. The molecule has 28 heavy (non-hydrogen) atoms. The van der Waals surface area contributed by atoms with Gasteiger partial charge >= 0.3 is 0 Å². The van der Waals surface area contributed by atoms with Crippen LogP contribution in [0.25, 0.3) is 33.9 Å². The number of aromatic nitrogens is 2. The van der Waals surface area contributed by atoms with Gasteiger partial charge in [0.05, 0.1) is 16.5 Å². The molecule has 2 heterocycles. The van der Waals surface area contributed by atoms with Crippen LogP contribution in [0.4, 0.5) is 0 Å². The maximum absolute atomic E-state index is 12.2. The van der Waals surface area contributed by atoms with E-state index in [1.54, 1.807) is 54.6 Å². The number of fused-ring (bicyclic) bond motifs is 1. The van der Waals surface area contributed by atoms with Crippen molar-refractivity contribution in [3.63, 3.8) is 0 Å². The first-order valence-electron chi connectivity index (χ1n) is 8.21. The molecule has 0 aliphatic heterocycles. The summed E-state index contributed by atoms with van der Waals surface area (Å²) in [7, 11) is 0. The van der Waals surface area contributed by atoms with Crippen LogP contribution in [0.1, 0.15) is 11.6 Å². The molecule has 0 bridgehead atoms. The molecule has 0 spiro atoms. The van der Waals surface area contributed by atoms with Crippen molar-refractivity contribution in [3.05, 3.63) is 86.6 Å². The third kappa shape index (κ3) is 3.56. The fraction of sp³-hybridized carbons (Fsp3) is 0. The van der Waals surface area contributed by atoms with Crippen LogP contribution in [0.2, 0.25) is 10.0 Å². The summed E-state index contributed by atoms with van der Waals surface area (Å²) in [5.74, 6) is 1.15. The van der Waals surface area contributed by atoms with Gasteiger partial charge in [0, 0.05) is 21.7 Å². The second-order valence-corrected chi connectivity index (χ2v) is 6.83. The number of furan rings is 1. The van der Waals surface area contributed by atoms with Crippen molar-refractivity contribution >= 4 is 45.8 Å². The molecule has 7 heteroatoms. The summed E-state index contributed by atoms with van der Waals surface area (Å²) in [6.07, 6.45) is 1.52. The van der Waals surface area contributed by atoms with Gasteiger partial charge in [-0.3, -0.25) is 4.79 Å². The highest BCUT2D eigenvalue weighted by Crippen LogP contribution is 2.29. The van der Waals surface area contributed by atoms with E-state index in [1.165, 1.54) is 6.08 Å². The van der Waals surface area contributed by atoms with Crippen molar-refractivity contribution in [3.8, 4) is 17.4 Å². The normalized spacial score (nSPS) is 11.5. The number of nitrogens with zero attached hydrogens (tertiary/aromatic N) is 2. The van der Waals surface area contributed by atoms with Gasteiger partial charge in [0.15, 0.2) is 5.82 Å². The number of rotatable bonds is 3. The van der Waals surface area contributed by atoms with Gasteiger partial charge < -0.3 is 9.40 Å². The summed E-state index contributed by atoms with van der Waals surface area (Å²) >= 11 is 12.1. The Labute approximate surface area is 169 Å². The highest BCUT2D eigenvalue weighted by Gasteiger charge is 2.11. The van der Waals surface area contributed by atoms with Crippen LogP contribution in [-0.4, -0.2) is 9.97 Å². The fourth-order valence-corrected chi connectivity index (χ4v) is 3.32. The van der Waals surface area contributed by atoms with Crippen LogP contribution in [0, 0.1) is 11.3 Å². The maximum atomic E-state index is 12.2. The van der Waals surface area contributed by atoms with Crippen LogP contribution in [0.15, 0.2) is 63.8 Å². The van der Waals surface area contributed by atoms with Gasteiger partial charge in [-0.15, -0.1) is 0 Å². The summed E-state index contributed by atoms with van der Waals surface area (Å²) in [6, 6.07) is 17.5. The van der Waals surface area contributed by atoms with Gasteiger partial charge in [0.25, 0.3) is 5.56 Å². The Hall–Kier alpha value is -3.33. The third-order valence-corrected chi connectivity index (χ3v) is 4.49. The minimum atomic E-state index is -0.310. The Morgan fingerprint density at radius 1 is 1.11 bits per heavy atom. The maximum Gasteiger partial charge on any atom is 0.259 e. The first-order valence-corrected chi connectivity index (χ1v) is 8.96. The summed E-state index contributed by atoms with van der Waals surface area (Å²) in [6.45, 7) is 0. The van der Waals surface area contributed by atoms with Crippen molar-refractivity contribution in [1.82, 2.24) is 9.97 Å². The molecule has 0 aliphatic carbocycles. The van der Waals surface area contributed by atoms with Crippen molar-refractivity contribution in [2.45, 2.75) is 0 Å². The first kappa shape index (κ1) is 18.1. The molecule has 2 aromatic heterocycles. The van der Waals surface area contributed by atoms with Gasteiger partial charge in [-0.05, 0) is 42.5 Å². The Bertz CT molecular complexity index is 1310. The van der Waals surface area contributed by atoms with Crippen LogP contribution >= 0.6 is 23.2 Å². The summed E-state index contributed by atoms with van der Waals surface area (Å²) in [4.78, 5) is 19.3. The molecule has 0 atom stereocenters. The number of benzene rings is 2. The Balaban J connectivity index is 1.75. The quantitative estimate of drug-likeness (QED) is 0.451. The van der Waals surface area contributed by atoms with Gasteiger partial charge in [-0.1, -0.05) is 35.3 Å². The van der Waals surface area contributed by atoms with E-state index in [2.05, 4.69) is 16.0 Å². The van der Waals surface area contributed by atoms with Gasteiger partial charge in [0.2, 0.25) is 0 Å². The van der Waals surface area contributed by atoms with Crippen molar-refractivity contribution in [2.24, 2.45) is 0 Å². The molecule has 0 amide bonds. The van der Waals surface area contributed by atoms with Crippen molar-refractivity contribution in [2.75, 3.05) is 0 Å². The Morgan fingerprint density at radius 3 is 2.61 bits per heavy atom. The van der Waals surface area contributed by atoms with Gasteiger partial charge in [0.1, 0.15) is 17.6 Å². The lowest BCUT2D eigenvalue weighted by Gasteiger charge is -2.01. The van der Waals surface area contributed by atoms with E-state index >= 15 is 0 Å². The second-order valence-electron chi connectivity index (χ2n) is 5.96. The number of H-pyrrole nitrogens is 1. The zero-order valence-corrected chi connectivity index (χ0v) is 15.8. The average Bonchev–Trinajstić information content (AvgIpc) is 3.14. The third-order valence-electron chi connectivity index (χ3n) is 4.05. The monoisotopic (exact) mass is 407 g/mol. The summed E-state index contributed by atoms with van der Waals surface area (Å²) in [5.41, 5.74) is 1.09. The number of nitrogens with one attached hydrogen (secondary N) is 1. The van der Waals surface area contributed by atoms with Crippen molar-refractivity contribution < 1.29 is 4.42 Å². The number of aromatic amines is 1. The molecule has 0 saturated carbocycles. The molecule has 0 saturated heterocycles. The lowest BCUT2D eigenvalue weighted by Crippen LogP contribution is -2.11. The lowest BCUT2D eigenvalue weighted by atomic mass is 10.2. The van der Waals surface area contributed by atoms with Crippen LogP contribution in [-0.2, 0) is 0 Å². The average molecular weight is 408 g/mol. The van der Waals surface area contributed by atoms with E-state index in [0.717, 1.165) is 0 Å². The van der Waals surface area contributed by atoms with E-state index in [4.69, 9.17) is 27.6 Å². The molecule has 0 fully saturated rings. The van der Waals surface area contributed by atoms with E-state index in [9.17, 15) is 10.1 Å². The SMILES string of the molecule is N#C/C(=C\c1ccc(-c2cc(Cl)cc(Cl)c2)o1)c1nc2ccccc2c(=O)[nH]1. The number of hydrogen-bond acceptors (Lipinski definition) is 4. The number of allylic oxidation sites excluding steroid dienone is 1. The fourth-order valence-electron chi connectivity index (χ4n) is 2.79. The first-order chi connectivity index (χ1) is 13.5. The van der Waals surface area contributed by atoms with Gasteiger partial charge in [-0.25, -0.2) is 4.98 Å². The van der Waals surface area contributed by atoms with Crippen LogP contribution in [0.5, 0.6) is 0 Å². The number of hydrogen-bond donors (Lipinski definition) is 1. The molecule has 1 N–H and O–H groups in total. The van der Waals surface area contributed by atoms with Gasteiger partial charge in [-0.2, -0.15) is 5.26 Å². The summed E-state index contributed by atoms with van der Waals surface area (Å²) in [5, 5.41) is 11.0. The highest BCUT2D eigenvalue weighted by molar-refractivity contribution is 6.35. The number of para-hydroxylation sites is 1. The highest BCUT2D eigenvalue weighted by atomic mass is 35.5. The molecule has 2 aromatic carbocycles. The molecular weight excluding hydrogens is 397 g/mol. The molecule has 0 unspecified atom stereocenters. The molecule has 4 aromatic rings. The topological polar surface area (TPSA) is 82.7 Å². The number of halogens is 2. The van der Waals surface area contributed by atoms with Crippen LogP contribution < -0.4 is 5.56 Å². The number of nitriles is 1.